The minimum absolute atomic E-state index is 0.225. The molecule has 0 radical (unpaired) electrons. The quantitative estimate of drug-likeness (QED) is 0.824. The highest BCUT2D eigenvalue weighted by molar-refractivity contribution is 6.06. The van der Waals surface area contributed by atoms with Gasteiger partial charge in [-0.25, -0.2) is 4.79 Å². The van der Waals surface area contributed by atoms with Crippen molar-refractivity contribution in [3.8, 4) is 0 Å². The number of nitrogens with zero attached hydrogens (tertiary/aromatic N) is 2. The summed E-state index contributed by atoms with van der Waals surface area (Å²) in [5.74, 6) is 0.239. The van der Waals surface area contributed by atoms with Gasteiger partial charge in [0.15, 0.2) is 0 Å². The second kappa shape index (κ2) is 4.67. The van der Waals surface area contributed by atoms with Gasteiger partial charge in [0.2, 0.25) is 0 Å². The topological polar surface area (TPSA) is 59.4 Å². The number of hydrogen-bond donors (Lipinski definition) is 2. The fraction of sp³-hybridized carbons (Fsp3) is 0.333. The fourth-order valence-electron chi connectivity index (χ4n) is 2.96. The number of fused-ring (bicyclic) bond motifs is 1. The number of carbonyl (C=O) groups is 1. The van der Waals surface area contributed by atoms with Crippen molar-refractivity contribution in [2.45, 2.75) is 12.5 Å². The van der Waals surface area contributed by atoms with Crippen LogP contribution in [0.4, 0.5) is 10.5 Å². The van der Waals surface area contributed by atoms with Crippen LogP contribution in [-0.2, 0) is 6.42 Å². The lowest BCUT2D eigenvalue weighted by molar-refractivity contribution is 0.211. The molecule has 0 saturated carbocycles. The minimum atomic E-state index is -0.322. The van der Waals surface area contributed by atoms with Gasteiger partial charge in [0.1, 0.15) is 11.9 Å². The lowest BCUT2D eigenvalue weighted by atomic mass is 10.0. The summed E-state index contributed by atoms with van der Waals surface area (Å²) in [5.41, 5.74) is 3.52. The van der Waals surface area contributed by atoms with Crippen LogP contribution in [0.2, 0.25) is 0 Å². The highest BCUT2D eigenvalue weighted by Gasteiger charge is 2.36. The van der Waals surface area contributed by atoms with Crippen LogP contribution >= 0.6 is 0 Å². The molecule has 3 rings (SSSR count). The molecule has 2 aliphatic heterocycles. The van der Waals surface area contributed by atoms with E-state index in [2.05, 4.69) is 36.0 Å². The smallest absolute Gasteiger partial charge is 0.323 e. The first-order chi connectivity index (χ1) is 9.61. The molecule has 5 heteroatoms. The van der Waals surface area contributed by atoms with E-state index in [9.17, 15) is 4.79 Å². The summed E-state index contributed by atoms with van der Waals surface area (Å²) in [6.07, 6.45) is 2.70. The molecule has 0 aromatic heterocycles. The zero-order valence-corrected chi connectivity index (χ0v) is 11.5. The van der Waals surface area contributed by atoms with Gasteiger partial charge in [0.05, 0.1) is 0 Å². The SMILES string of the molecule is C=CCN1C(=O)NC(=N)C1c1ccc2c(c1)CCN2C. The number of anilines is 1. The Hall–Kier alpha value is -2.30. The summed E-state index contributed by atoms with van der Waals surface area (Å²) in [6.45, 7) is 5.14. The number of hydrogen-bond acceptors (Lipinski definition) is 3. The van der Waals surface area contributed by atoms with E-state index in [1.165, 1.54) is 11.3 Å². The maximum Gasteiger partial charge on any atom is 0.323 e. The van der Waals surface area contributed by atoms with Crippen molar-refractivity contribution >= 4 is 17.6 Å². The first-order valence-corrected chi connectivity index (χ1v) is 6.72. The molecular weight excluding hydrogens is 252 g/mol. The van der Waals surface area contributed by atoms with Crippen molar-refractivity contribution in [1.82, 2.24) is 10.2 Å². The molecule has 104 valence electrons. The van der Waals surface area contributed by atoms with Crippen LogP contribution in [0, 0.1) is 5.41 Å². The van der Waals surface area contributed by atoms with Gasteiger partial charge in [-0.2, -0.15) is 0 Å². The van der Waals surface area contributed by atoms with Crippen molar-refractivity contribution in [2.75, 3.05) is 25.0 Å². The normalized spacial score (nSPS) is 21.1. The number of amides is 2. The number of carbonyl (C=O) groups excluding carboxylic acids is 1. The highest BCUT2D eigenvalue weighted by atomic mass is 16.2. The Morgan fingerprint density at radius 1 is 1.55 bits per heavy atom. The minimum Gasteiger partial charge on any atom is -0.374 e. The van der Waals surface area contributed by atoms with Crippen LogP contribution in [0.3, 0.4) is 0 Å². The summed E-state index contributed by atoms with van der Waals surface area (Å²) in [6, 6.07) is 5.67. The Morgan fingerprint density at radius 2 is 2.35 bits per heavy atom. The first-order valence-electron chi connectivity index (χ1n) is 6.72. The van der Waals surface area contributed by atoms with Crippen molar-refractivity contribution in [1.29, 1.82) is 5.41 Å². The van der Waals surface area contributed by atoms with Crippen LogP contribution in [0.15, 0.2) is 30.9 Å². The standard InChI is InChI=1S/C15H18N4O/c1-3-7-19-13(14(16)17-15(19)20)11-4-5-12-10(9-11)6-8-18(12)2/h3-5,9,13H,1,6-8H2,2H3,(H2,16,17,20). The van der Waals surface area contributed by atoms with Gasteiger partial charge in [0.25, 0.3) is 0 Å². The lowest BCUT2D eigenvalue weighted by Gasteiger charge is -2.22. The van der Waals surface area contributed by atoms with Crippen molar-refractivity contribution < 1.29 is 4.79 Å². The Morgan fingerprint density at radius 3 is 3.10 bits per heavy atom. The molecule has 2 aliphatic rings. The molecule has 1 atom stereocenters. The Balaban J connectivity index is 1.97. The van der Waals surface area contributed by atoms with E-state index in [1.807, 2.05) is 6.07 Å². The van der Waals surface area contributed by atoms with Crippen LogP contribution in [0.1, 0.15) is 17.2 Å². The van der Waals surface area contributed by atoms with E-state index >= 15 is 0 Å². The number of rotatable bonds is 3. The molecule has 1 unspecified atom stereocenters. The predicted octanol–water partition coefficient (Wildman–Crippen LogP) is 1.91. The average molecular weight is 270 g/mol. The third-order valence-electron chi connectivity index (χ3n) is 3.96. The Bertz CT molecular complexity index is 596. The van der Waals surface area contributed by atoms with E-state index < -0.39 is 0 Å². The Kier molecular flexibility index (Phi) is 2.97. The van der Waals surface area contributed by atoms with Gasteiger partial charge in [-0.15, -0.1) is 6.58 Å². The second-order valence-corrected chi connectivity index (χ2v) is 5.25. The van der Waals surface area contributed by atoms with Crippen molar-refractivity contribution in [2.24, 2.45) is 0 Å². The van der Waals surface area contributed by atoms with Crippen LogP contribution in [0.5, 0.6) is 0 Å². The van der Waals surface area contributed by atoms with E-state index in [1.54, 1.807) is 11.0 Å². The van der Waals surface area contributed by atoms with Gasteiger partial charge in [0, 0.05) is 25.8 Å². The number of urea groups is 1. The zero-order chi connectivity index (χ0) is 14.3. The second-order valence-electron chi connectivity index (χ2n) is 5.25. The van der Waals surface area contributed by atoms with E-state index in [0.717, 1.165) is 18.5 Å². The van der Waals surface area contributed by atoms with Gasteiger partial charge < -0.3 is 9.80 Å². The molecule has 1 fully saturated rings. The maximum atomic E-state index is 11.9. The number of likely N-dealkylation sites (N-methyl/N-ethyl adjacent to an activating group) is 1. The van der Waals surface area contributed by atoms with Gasteiger partial charge in [-0.3, -0.25) is 10.7 Å². The number of benzene rings is 1. The molecule has 1 saturated heterocycles. The molecule has 5 nitrogen and oxygen atoms in total. The summed E-state index contributed by atoms with van der Waals surface area (Å²) >= 11 is 0. The molecule has 2 amide bonds. The van der Waals surface area contributed by atoms with Crippen LogP contribution < -0.4 is 10.2 Å². The summed E-state index contributed by atoms with van der Waals surface area (Å²) in [4.78, 5) is 15.7. The molecule has 2 N–H and O–H groups in total. The predicted molar refractivity (Wildman–Crippen MR) is 79.3 cm³/mol. The molecule has 2 heterocycles. The highest BCUT2D eigenvalue weighted by Crippen LogP contribution is 2.32. The number of amidine groups is 1. The average Bonchev–Trinajstić information content (AvgIpc) is 2.91. The molecule has 0 bridgehead atoms. The summed E-state index contributed by atoms with van der Waals surface area (Å²) < 4.78 is 0. The largest absolute Gasteiger partial charge is 0.374 e. The molecule has 0 aliphatic carbocycles. The molecule has 1 aromatic carbocycles. The zero-order valence-electron chi connectivity index (χ0n) is 11.5. The third kappa shape index (κ3) is 1.86. The molecule has 20 heavy (non-hydrogen) atoms. The third-order valence-corrected chi connectivity index (χ3v) is 3.96. The van der Waals surface area contributed by atoms with Gasteiger partial charge >= 0.3 is 6.03 Å². The van der Waals surface area contributed by atoms with E-state index in [4.69, 9.17) is 5.41 Å². The Labute approximate surface area is 118 Å². The van der Waals surface area contributed by atoms with Crippen molar-refractivity contribution in [3.05, 3.63) is 42.0 Å². The summed E-state index contributed by atoms with van der Waals surface area (Å²) in [7, 11) is 2.08. The first kappa shape index (κ1) is 12.7. The van der Waals surface area contributed by atoms with E-state index in [-0.39, 0.29) is 17.9 Å². The maximum absolute atomic E-state index is 11.9. The fourth-order valence-corrected chi connectivity index (χ4v) is 2.96. The van der Waals surface area contributed by atoms with Crippen molar-refractivity contribution in [3.63, 3.8) is 0 Å². The van der Waals surface area contributed by atoms with E-state index in [0.29, 0.717) is 6.54 Å². The van der Waals surface area contributed by atoms with Crippen LogP contribution in [0.25, 0.3) is 0 Å². The number of nitrogens with one attached hydrogen (secondary N) is 2. The van der Waals surface area contributed by atoms with Crippen LogP contribution in [-0.4, -0.2) is 36.9 Å². The van der Waals surface area contributed by atoms with Gasteiger partial charge in [-0.05, 0) is 23.6 Å². The van der Waals surface area contributed by atoms with Gasteiger partial charge in [-0.1, -0.05) is 18.2 Å². The monoisotopic (exact) mass is 270 g/mol. The molecular formula is C15H18N4O. The molecule has 0 spiro atoms. The molecule has 1 aromatic rings. The summed E-state index contributed by atoms with van der Waals surface area (Å²) in [5, 5.41) is 10.6. The lowest BCUT2D eigenvalue weighted by Crippen LogP contribution is -2.29.